The molecule has 0 heterocycles. The molecule has 0 saturated heterocycles. The number of ketones is 1. The zero-order chi connectivity index (χ0) is 14.3. The summed E-state index contributed by atoms with van der Waals surface area (Å²) in [5.74, 6) is -0.225. The van der Waals surface area contributed by atoms with E-state index >= 15 is 0 Å². The van der Waals surface area contributed by atoms with Crippen molar-refractivity contribution in [3.8, 4) is 0 Å². The molecule has 1 aliphatic rings. The largest absolute Gasteiger partial charge is 0.872 e. The van der Waals surface area contributed by atoms with Gasteiger partial charge in [0.25, 0.3) is 0 Å². The number of hydrogen-bond donors (Lipinski definition) is 0. The van der Waals surface area contributed by atoms with Gasteiger partial charge in [-0.2, -0.15) is 0 Å². The summed E-state index contributed by atoms with van der Waals surface area (Å²) < 4.78 is 0. The molecule has 0 bridgehead atoms. The molecule has 0 fully saturated rings. The van der Waals surface area contributed by atoms with Gasteiger partial charge in [-0.05, 0) is 23.6 Å². The lowest BCUT2D eigenvalue weighted by atomic mass is 9.82. The van der Waals surface area contributed by atoms with Crippen LogP contribution in [-0.4, -0.2) is 5.78 Å². The van der Waals surface area contributed by atoms with E-state index in [1.807, 2.05) is 43.3 Å². The molecule has 0 spiro atoms. The highest BCUT2D eigenvalue weighted by Gasteiger charge is 2.24. The first-order valence-corrected chi connectivity index (χ1v) is 6.72. The van der Waals surface area contributed by atoms with E-state index in [0.717, 1.165) is 11.1 Å². The summed E-state index contributed by atoms with van der Waals surface area (Å²) in [7, 11) is 0. The van der Waals surface area contributed by atoms with E-state index in [9.17, 15) is 9.90 Å². The van der Waals surface area contributed by atoms with Gasteiger partial charge in [0, 0.05) is 11.5 Å². The summed E-state index contributed by atoms with van der Waals surface area (Å²) in [5.41, 5.74) is 3.48. The molecular formula is C18H15O2-. The second kappa shape index (κ2) is 4.64. The van der Waals surface area contributed by atoms with Crippen LogP contribution in [-0.2, 0) is 0 Å². The topological polar surface area (TPSA) is 40.1 Å². The van der Waals surface area contributed by atoms with Crippen LogP contribution in [0.4, 0.5) is 0 Å². The van der Waals surface area contributed by atoms with Crippen LogP contribution in [0.25, 0.3) is 11.3 Å². The van der Waals surface area contributed by atoms with Crippen molar-refractivity contribution in [1.29, 1.82) is 0 Å². The lowest BCUT2D eigenvalue weighted by Crippen LogP contribution is -2.19. The Bertz CT molecular complexity index is 726. The van der Waals surface area contributed by atoms with E-state index in [1.165, 1.54) is 0 Å². The molecule has 20 heavy (non-hydrogen) atoms. The highest BCUT2D eigenvalue weighted by atomic mass is 16.3. The molecule has 0 aromatic heterocycles. The zero-order valence-electron chi connectivity index (χ0n) is 11.5. The SMILES string of the molecule is C/C1=C(\[O-])c2ccccc2C(C)C(=O)c2ccccc21. The highest BCUT2D eigenvalue weighted by molar-refractivity contribution is 6.08. The quantitative estimate of drug-likeness (QED) is 0.732. The fraction of sp³-hybridized carbons (Fsp3) is 0.167. The summed E-state index contributed by atoms with van der Waals surface area (Å²) in [5, 5.41) is 12.7. The van der Waals surface area contributed by atoms with E-state index in [4.69, 9.17) is 0 Å². The van der Waals surface area contributed by atoms with E-state index in [2.05, 4.69) is 0 Å². The van der Waals surface area contributed by atoms with Gasteiger partial charge in [0.2, 0.25) is 0 Å². The van der Waals surface area contributed by atoms with Gasteiger partial charge < -0.3 is 5.11 Å². The average molecular weight is 263 g/mol. The summed E-state index contributed by atoms with van der Waals surface area (Å²) in [6.07, 6.45) is 0. The monoisotopic (exact) mass is 263 g/mol. The van der Waals surface area contributed by atoms with Crippen LogP contribution in [0, 0.1) is 0 Å². The van der Waals surface area contributed by atoms with Gasteiger partial charge in [0.05, 0.1) is 0 Å². The van der Waals surface area contributed by atoms with Crippen LogP contribution in [0.5, 0.6) is 0 Å². The highest BCUT2D eigenvalue weighted by Crippen LogP contribution is 2.35. The van der Waals surface area contributed by atoms with E-state index < -0.39 is 0 Å². The van der Waals surface area contributed by atoms with Gasteiger partial charge in [-0.1, -0.05) is 66.8 Å². The third kappa shape index (κ3) is 1.76. The Morgan fingerprint density at radius 2 is 1.45 bits per heavy atom. The minimum absolute atomic E-state index is 0.00685. The first-order chi connectivity index (χ1) is 9.61. The Morgan fingerprint density at radius 3 is 2.15 bits per heavy atom. The molecule has 2 aromatic rings. The second-order valence-electron chi connectivity index (χ2n) is 5.17. The number of hydrogen-bond acceptors (Lipinski definition) is 2. The van der Waals surface area contributed by atoms with Gasteiger partial charge in [-0.25, -0.2) is 0 Å². The minimum Gasteiger partial charge on any atom is -0.872 e. The van der Waals surface area contributed by atoms with Gasteiger partial charge in [-0.3, -0.25) is 4.79 Å². The molecule has 0 aliphatic heterocycles. The molecule has 100 valence electrons. The summed E-state index contributed by atoms with van der Waals surface area (Å²) in [4.78, 5) is 12.7. The fourth-order valence-electron chi connectivity index (χ4n) is 2.81. The standard InChI is InChI=1S/C18H16O2/c1-11-13-7-3-5-9-15(13)18(20)12(2)14-8-4-6-10-16(14)17(11)19/h3-11,20H,1-2H3/p-1/b18-12+. The Kier molecular flexibility index (Phi) is 2.94. The van der Waals surface area contributed by atoms with Gasteiger partial charge in [0.1, 0.15) is 0 Å². The molecule has 3 rings (SSSR count). The zero-order valence-corrected chi connectivity index (χ0v) is 11.5. The van der Waals surface area contributed by atoms with Crippen LogP contribution >= 0.6 is 0 Å². The number of allylic oxidation sites excluding steroid dienone is 1. The molecule has 0 radical (unpaired) electrons. The van der Waals surface area contributed by atoms with Crippen LogP contribution in [0.2, 0.25) is 0 Å². The van der Waals surface area contributed by atoms with Gasteiger partial charge in [0.15, 0.2) is 5.78 Å². The molecule has 1 atom stereocenters. The average Bonchev–Trinajstić information content (AvgIpc) is 2.51. The summed E-state index contributed by atoms with van der Waals surface area (Å²) in [6, 6.07) is 14.7. The molecule has 0 amide bonds. The summed E-state index contributed by atoms with van der Waals surface area (Å²) in [6.45, 7) is 3.66. The minimum atomic E-state index is -0.301. The number of rotatable bonds is 0. The van der Waals surface area contributed by atoms with Crippen molar-refractivity contribution in [2.24, 2.45) is 0 Å². The van der Waals surface area contributed by atoms with E-state index in [1.54, 1.807) is 19.1 Å². The Balaban J connectivity index is 2.39. The maximum Gasteiger partial charge on any atom is 0.170 e. The molecule has 0 saturated carbocycles. The van der Waals surface area contributed by atoms with Gasteiger partial charge >= 0.3 is 0 Å². The van der Waals surface area contributed by atoms with Crippen LogP contribution in [0.3, 0.4) is 0 Å². The van der Waals surface area contributed by atoms with Crippen LogP contribution in [0.15, 0.2) is 48.5 Å². The smallest absolute Gasteiger partial charge is 0.170 e. The normalized spacial score (nSPS) is 21.7. The van der Waals surface area contributed by atoms with Crippen molar-refractivity contribution in [2.75, 3.05) is 0 Å². The molecule has 2 heteroatoms. The van der Waals surface area contributed by atoms with Crippen molar-refractivity contribution in [3.05, 3.63) is 70.8 Å². The predicted molar refractivity (Wildman–Crippen MR) is 78.1 cm³/mol. The van der Waals surface area contributed by atoms with Crippen molar-refractivity contribution in [3.63, 3.8) is 0 Å². The molecule has 1 aliphatic carbocycles. The lowest BCUT2D eigenvalue weighted by molar-refractivity contribution is -0.243. The molecular weight excluding hydrogens is 248 g/mol. The van der Waals surface area contributed by atoms with E-state index in [0.29, 0.717) is 16.7 Å². The Labute approximate surface area is 118 Å². The van der Waals surface area contributed by atoms with Gasteiger partial charge in [-0.15, -0.1) is 0 Å². The first kappa shape index (κ1) is 12.7. The predicted octanol–water partition coefficient (Wildman–Crippen LogP) is 3.23. The molecule has 2 aromatic carbocycles. The van der Waals surface area contributed by atoms with Crippen molar-refractivity contribution < 1.29 is 9.90 Å². The lowest BCUT2D eigenvalue weighted by Gasteiger charge is -2.27. The third-order valence-corrected chi connectivity index (χ3v) is 4.00. The number of fused-ring (bicyclic) bond motifs is 2. The Hall–Kier alpha value is -2.35. The van der Waals surface area contributed by atoms with Crippen LogP contribution < -0.4 is 5.11 Å². The molecule has 2 nitrogen and oxygen atoms in total. The maximum absolute atomic E-state index is 12.7. The first-order valence-electron chi connectivity index (χ1n) is 6.72. The van der Waals surface area contributed by atoms with Crippen molar-refractivity contribution in [2.45, 2.75) is 19.8 Å². The summed E-state index contributed by atoms with van der Waals surface area (Å²) >= 11 is 0. The second-order valence-corrected chi connectivity index (χ2v) is 5.17. The number of carbonyl (C=O) groups excluding carboxylic acids is 1. The fourth-order valence-corrected chi connectivity index (χ4v) is 2.81. The molecule has 0 N–H and O–H groups in total. The van der Waals surface area contributed by atoms with Crippen LogP contribution in [0.1, 0.15) is 46.8 Å². The number of carbonyl (C=O) groups is 1. The van der Waals surface area contributed by atoms with E-state index in [-0.39, 0.29) is 17.5 Å². The van der Waals surface area contributed by atoms with Crippen molar-refractivity contribution >= 4 is 17.1 Å². The number of benzene rings is 2. The van der Waals surface area contributed by atoms with Crippen molar-refractivity contribution in [1.82, 2.24) is 0 Å². The molecule has 1 unspecified atom stereocenters. The number of Topliss-reactive ketones (excluding diaryl/α,β-unsaturated/α-hetero) is 1. The third-order valence-electron chi connectivity index (χ3n) is 4.00. The Morgan fingerprint density at radius 1 is 0.900 bits per heavy atom. The maximum atomic E-state index is 12.7.